The Bertz CT molecular complexity index is 999. The molecule has 3 aromatic rings. The number of aryl methyl sites for hydroxylation is 1. The molecule has 0 aliphatic carbocycles. The minimum atomic E-state index is -0.222. The molecule has 0 bridgehead atoms. The van der Waals surface area contributed by atoms with Crippen molar-refractivity contribution in [2.45, 2.75) is 26.7 Å². The number of rotatable bonds is 6. The van der Waals surface area contributed by atoms with Crippen molar-refractivity contribution in [2.75, 3.05) is 10.6 Å². The first-order valence-electron chi connectivity index (χ1n) is 8.75. The van der Waals surface area contributed by atoms with Gasteiger partial charge >= 0.3 is 0 Å². The van der Waals surface area contributed by atoms with E-state index in [2.05, 4.69) is 15.6 Å². The molecule has 3 rings (SSSR count). The molecule has 0 aliphatic heterocycles. The second-order valence-corrected chi connectivity index (χ2v) is 7.61. The van der Waals surface area contributed by atoms with Crippen molar-refractivity contribution >= 4 is 34.0 Å². The second kappa shape index (κ2) is 8.75. The molecule has 2 aromatic carbocycles. The Morgan fingerprint density at radius 1 is 1.07 bits per heavy atom. The van der Waals surface area contributed by atoms with Crippen molar-refractivity contribution < 1.29 is 14.0 Å². The average Bonchev–Trinajstić information content (AvgIpc) is 3.06. The van der Waals surface area contributed by atoms with Crippen LogP contribution in [0, 0.1) is 12.7 Å². The highest BCUT2D eigenvalue weighted by Crippen LogP contribution is 2.22. The van der Waals surface area contributed by atoms with E-state index in [0.29, 0.717) is 22.8 Å². The van der Waals surface area contributed by atoms with Gasteiger partial charge in [-0.05, 0) is 41.8 Å². The Kier molecular flexibility index (Phi) is 6.16. The molecule has 1 heterocycles. The van der Waals surface area contributed by atoms with Gasteiger partial charge in [-0.15, -0.1) is 11.3 Å². The zero-order chi connectivity index (χ0) is 20.1. The van der Waals surface area contributed by atoms with E-state index in [-0.39, 0.29) is 24.1 Å². The molecule has 28 heavy (non-hydrogen) atoms. The summed E-state index contributed by atoms with van der Waals surface area (Å²) < 4.78 is 13.7. The molecule has 1 aromatic heterocycles. The van der Waals surface area contributed by atoms with Crippen molar-refractivity contribution in [1.29, 1.82) is 0 Å². The maximum Gasteiger partial charge on any atom is 0.230 e. The van der Waals surface area contributed by atoms with Crippen LogP contribution in [0.4, 0.5) is 15.2 Å². The van der Waals surface area contributed by atoms with Crippen molar-refractivity contribution in [3.05, 3.63) is 76.0 Å². The molecule has 7 heteroatoms. The van der Waals surface area contributed by atoms with Crippen LogP contribution in [0.2, 0.25) is 0 Å². The topological polar surface area (TPSA) is 71.1 Å². The molecule has 0 aliphatic rings. The Labute approximate surface area is 166 Å². The summed E-state index contributed by atoms with van der Waals surface area (Å²) >= 11 is 1.37. The Hall–Kier alpha value is -3.06. The van der Waals surface area contributed by atoms with Crippen molar-refractivity contribution in [3.8, 4) is 0 Å². The van der Waals surface area contributed by atoms with E-state index in [4.69, 9.17) is 0 Å². The van der Waals surface area contributed by atoms with Gasteiger partial charge in [-0.25, -0.2) is 9.37 Å². The van der Waals surface area contributed by atoms with Crippen LogP contribution in [0.5, 0.6) is 0 Å². The normalized spacial score (nSPS) is 10.5. The molecule has 2 amide bonds. The Morgan fingerprint density at radius 2 is 1.79 bits per heavy atom. The number of nitrogens with zero attached hydrogens (tertiary/aromatic N) is 1. The van der Waals surface area contributed by atoms with Gasteiger partial charge < -0.3 is 10.6 Å². The van der Waals surface area contributed by atoms with Crippen LogP contribution >= 0.6 is 11.3 Å². The number of carbonyl (C=O) groups excluding carboxylic acids is 2. The van der Waals surface area contributed by atoms with E-state index in [1.165, 1.54) is 24.3 Å². The smallest absolute Gasteiger partial charge is 0.230 e. The summed E-state index contributed by atoms with van der Waals surface area (Å²) in [6.45, 7) is 3.17. The van der Waals surface area contributed by atoms with E-state index in [1.54, 1.807) is 43.5 Å². The number of hydrogen-bond acceptors (Lipinski definition) is 4. The van der Waals surface area contributed by atoms with Gasteiger partial charge in [0, 0.05) is 30.1 Å². The van der Waals surface area contributed by atoms with Crippen molar-refractivity contribution in [2.24, 2.45) is 0 Å². The van der Waals surface area contributed by atoms with Gasteiger partial charge in [-0.2, -0.15) is 0 Å². The highest BCUT2D eigenvalue weighted by Gasteiger charge is 2.09. The standard InChI is InChI=1S/C21H20FN3O2S/c1-13-3-4-16(10-19(13)22)9-18-12-23-21(28-18)25-20(27)11-15-5-7-17(8-6-15)24-14(2)26/h3-8,10,12H,9,11H2,1-2H3,(H,24,26)(H,23,25,27). The molecule has 0 spiro atoms. The first-order valence-corrected chi connectivity index (χ1v) is 9.57. The molecular formula is C21H20FN3O2S. The summed E-state index contributed by atoms with van der Waals surface area (Å²) in [5.74, 6) is -0.534. The number of benzene rings is 2. The van der Waals surface area contributed by atoms with Gasteiger partial charge in [0.05, 0.1) is 6.42 Å². The molecule has 5 nitrogen and oxygen atoms in total. The van der Waals surface area contributed by atoms with Gasteiger partial charge in [0.25, 0.3) is 0 Å². The molecular weight excluding hydrogens is 377 g/mol. The minimum Gasteiger partial charge on any atom is -0.326 e. The first-order chi connectivity index (χ1) is 13.4. The number of amides is 2. The Morgan fingerprint density at radius 3 is 2.46 bits per heavy atom. The maximum absolute atomic E-state index is 13.7. The summed E-state index contributed by atoms with van der Waals surface area (Å²) in [6, 6.07) is 12.3. The third-order valence-electron chi connectivity index (χ3n) is 4.05. The fourth-order valence-electron chi connectivity index (χ4n) is 2.65. The predicted molar refractivity (Wildman–Crippen MR) is 109 cm³/mol. The van der Waals surface area contributed by atoms with Gasteiger partial charge in [-0.1, -0.05) is 24.3 Å². The second-order valence-electron chi connectivity index (χ2n) is 6.50. The summed E-state index contributed by atoms with van der Waals surface area (Å²) in [6.07, 6.45) is 2.47. The maximum atomic E-state index is 13.7. The monoisotopic (exact) mass is 397 g/mol. The van der Waals surface area contributed by atoms with Crippen LogP contribution in [-0.4, -0.2) is 16.8 Å². The molecule has 0 fully saturated rings. The van der Waals surface area contributed by atoms with E-state index in [0.717, 1.165) is 16.0 Å². The third kappa shape index (κ3) is 5.47. The molecule has 2 N–H and O–H groups in total. The van der Waals surface area contributed by atoms with Gasteiger partial charge in [0.2, 0.25) is 11.8 Å². The Balaban J connectivity index is 1.56. The quantitative estimate of drug-likeness (QED) is 0.651. The number of thiazole rings is 1. The minimum absolute atomic E-state index is 0.140. The van der Waals surface area contributed by atoms with E-state index in [9.17, 15) is 14.0 Å². The van der Waals surface area contributed by atoms with Gasteiger partial charge in [0.1, 0.15) is 5.82 Å². The largest absolute Gasteiger partial charge is 0.326 e. The number of halogens is 1. The fraction of sp³-hybridized carbons (Fsp3) is 0.190. The lowest BCUT2D eigenvalue weighted by Crippen LogP contribution is -2.14. The average molecular weight is 397 g/mol. The van der Waals surface area contributed by atoms with Gasteiger partial charge in [0.15, 0.2) is 5.13 Å². The number of nitrogens with one attached hydrogen (secondary N) is 2. The predicted octanol–water partition coefficient (Wildman–Crippen LogP) is 4.32. The van der Waals surface area contributed by atoms with Crippen LogP contribution < -0.4 is 10.6 Å². The summed E-state index contributed by atoms with van der Waals surface area (Å²) in [5, 5.41) is 5.99. The van der Waals surface area contributed by atoms with Crippen LogP contribution in [-0.2, 0) is 22.4 Å². The lowest BCUT2D eigenvalue weighted by atomic mass is 10.1. The molecule has 144 valence electrons. The summed E-state index contributed by atoms with van der Waals surface area (Å²) in [7, 11) is 0. The molecule has 0 unspecified atom stereocenters. The van der Waals surface area contributed by atoms with E-state index < -0.39 is 0 Å². The van der Waals surface area contributed by atoms with Crippen LogP contribution in [0.3, 0.4) is 0 Å². The molecule has 0 saturated carbocycles. The van der Waals surface area contributed by atoms with E-state index in [1.807, 2.05) is 6.07 Å². The number of aromatic nitrogens is 1. The molecule has 0 saturated heterocycles. The zero-order valence-electron chi connectivity index (χ0n) is 15.6. The fourth-order valence-corrected chi connectivity index (χ4v) is 3.52. The lowest BCUT2D eigenvalue weighted by molar-refractivity contribution is -0.116. The van der Waals surface area contributed by atoms with Crippen molar-refractivity contribution in [1.82, 2.24) is 4.98 Å². The highest BCUT2D eigenvalue weighted by atomic mass is 32.1. The third-order valence-corrected chi connectivity index (χ3v) is 4.97. The van der Waals surface area contributed by atoms with Crippen molar-refractivity contribution in [3.63, 3.8) is 0 Å². The number of carbonyl (C=O) groups is 2. The number of anilines is 2. The SMILES string of the molecule is CC(=O)Nc1ccc(CC(=O)Nc2ncc(Cc3ccc(C)c(F)c3)s2)cc1. The summed E-state index contributed by atoms with van der Waals surface area (Å²) in [4.78, 5) is 28.4. The molecule has 0 atom stereocenters. The van der Waals surface area contributed by atoms with Gasteiger partial charge in [-0.3, -0.25) is 9.59 Å². The zero-order valence-corrected chi connectivity index (χ0v) is 16.4. The van der Waals surface area contributed by atoms with E-state index >= 15 is 0 Å². The number of hydrogen-bond donors (Lipinski definition) is 2. The lowest BCUT2D eigenvalue weighted by Gasteiger charge is -2.05. The van der Waals surface area contributed by atoms with Crippen LogP contribution in [0.25, 0.3) is 0 Å². The van der Waals surface area contributed by atoms with Crippen LogP contribution in [0.15, 0.2) is 48.7 Å². The summed E-state index contributed by atoms with van der Waals surface area (Å²) in [5.41, 5.74) is 3.00. The van der Waals surface area contributed by atoms with Crippen LogP contribution in [0.1, 0.15) is 28.5 Å². The molecule has 0 radical (unpaired) electrons. The first kappa shape index (κ1) is 19.7. The highest BCUT2D eigenvalue weighted by molar-refractivity contribution is 7.15.